The van der Waals surface area contributed by atoms with Gasteiger partial charge in [0.15, 0.2) is 0 Å². The lowest BCUT2D eigenvalue weighted by Gasteiger charge is -2.23. The van der Waals surface area contributed by atoms with E-state index in [-0.39, 0.29) is 17.9 Å². The van der Waals surface area contributed by atoms with Gasteiger partial charge in [0, 0.05) is 25.1 Å². The van der Waals surface area contributed by atoms with E-state index in [1.165, 1.54) is 0 Å². The van der Waals surface area contributed by atoms with Gasteiger partial charge in [0.1, 0.15) is 0 Å². The second-order valence-electron chi connectivity index (χ2n) is 7.22. The largest absolute Gasteiger partial charge is 0.345 e. The Morgan fingerprint density at radius 2 is 1.77 bits per heavy atom. The first-order chi connectivity index (χ1) is 12.5. The van der Waals surface area contributed by atoms with E-state index < -0.39 is 0 Å². The highest BCUT2D eigenvalue weighted by Crippen LogP contribution is 2.22. The van der Waals surface area contributed by atoms with Crippen LogP contribution >= 0.6 is 0 Å². The fourth-order valence-corrected chi connectivity index (χ4v) is 3.37. The van der Waals surface area contributed by atoms with Crippen LogP contribution < -0.4 is 5.32 Å². The SMILES string of the molecule is CC(C)[C@H](NC(=O)c1ccc(CN2CCCC2=O)cc1)c1ccccc1. The van der Waals surface area contributed by atoms with Crippen molar-refractivity contribution in [1.29, 1.82) is 0 Å². The van der Waals surface area contributed by atoms with Crippen molar-refractivity contribution in [3.05, 3.63) is 71.3 Å². The molecule has 0 radical (unpaired) electrons. The van der Waals surface area contributed by atoms with Crippen molar-refractivity contribution in [3.8, 4) is 0 Å². The molecule has 1 aliphatic heterocycles. The number of nitrogens with one attached hydrogen (secondary N) is 1. The summed E-state index contributed by atoms with van der Waals surface area (Å²) < 4.78 is 0. The van der Waals surface area contributed by atoms with Gasteiger partial charge in [-0.25, -0.2) is 0 Å². The zero-order chi connectivity index (χ0) is 18.5. The molecule has 4 heteroatoms. The molecule has 0 bridgehead atoms. The Balaban J connectivity index is 1.66. The second-order valence-corrected chi connectivity index (χ2v) is 7.22. The molecular weight excluding hydrogens is 324 g/mol. The van der Waals surface area contributed by atoms with Gasteiger partial charge in [0.05, 0.1) is 6.04 Å². The molecule has 26 heavy (non-hydrogen) atoms. The van der Waals surface area contributed by atoms with Gasteiger partial charge in [-0.2, -0.15) is 0 Å². The lowest BCUT2D eigenvalue weighted by atomic mass is 9.95. The van der Waals surface area contributed by atoms with Crippen molar-refractivity contribution < 1.29 is 9.59 Å². The summed E-state index contributed by atoms with van der Waals surface area (Å²) in [7, 11) is 0. The predicted octanol–water partition coefficient (Wildman–Crippen LogP) is 3.94. The molecule has 136 valence electrons. The fourth-order valence-electron chi connectivity index (χ4n) is 3.37. The van der Waals surface area contributed by atoms with Crippen molar-refractivity contribution in [2.45, 2.75) is 39.3 Å². The van der Waals surface area contributed by atoms with Crippen molar-refractivity contribution in [2.24, 2.45) is 5.92 Å². The zero-order valence-corrected chi connectivity index (χ0v) is 15.4. The first-order valence-electron chi connectivity index (χ1n) is 9.27. The summed E-state index contributed by atoms with van der Waals surface area (Å²) in [5.74, 6) is 0.438. The van der Waals surface area contributed by atoms with E-state index in [9.17, 15) is 9.59 Å². The molecule has 1 N–H and O–H groups in total. The number of nitrogens with zero attached hydrogens (tertiary/aromatic N) is 1. The van der Waals surface area contributed by atoms with E-state index >= 15 is 0 Å². The Hall–Kier alpha value is -2.62. The first-order valence-corrected chi connectivity index (χ1v) is 9.27. The summed E-state index contributed by atoms with van der Waals surface area (Å²) in [5, 5.41) is 3.15. The summed E-state index contributed by atoms with van der Waals surface area (Å²) in [4.78, 5) is 26.3. The normalized spacial score (nSPS) is 15.3. The summed E-state index contributed by atoms with van der Waals surface area (Å²) in [6.45, 7) is 5.66. The minimum absolute atomic E-state index is 0.0226. The number of rotatable bonds is 6. The molecule has 0 unspecified atom stereocenters. The lowest BCUT2D eigenvalue weighted by molar-refractivity contribution is -0.128. The molecule has 0 aliphatic carbocycles. The van der Waals surface area contributed by atoms with Gasteiger partial charge in [-0.15, -0.1) is 0 Å². The minimum Gasteiger partial charge on any atom is -0.345 e. The molecule has 3 rings (SSSR count). The monoisotopic (exact) mass is 350 g/mol. The third-order valence-corrected chi connectivity index (χ3v) is 4.87. The number of hydrogen-bond donors (Lipinski definition) is 1. The molecule has 1 aliphatic rings. The molecule has 0 spiro atoms. The average Bonchev–Trinajstić information content (AvgIpc) is 3.05. The van der Waals surface area contributed by atoms with Gasteiger partial charge >= 0.3 is 0 Å². The zero-order valence-electron chi connectivity index (χ0n) is 15.4. The highest BCUT2D eigenvalue weighted by atomic mass is 16.2. The van der Waals surface area contributed by atoms with Crippen LogP contribution in [-0.4, -0.2) is 23.3 Å². The summed E-state index contributed by atoms with van der Waals surface area (Å²) in [5.41, 5.74) is 2.81. The smallest absolute Gasteiger partial charge is 0.251 e. The lowest BCUT2D eigenvalue weighted by Crippen LogP contribution is -2.31. The maximum Gasteiger partial charge on any atom is 0.251 e. The number of likely N-dealkylation sites (tertiary alicyclic amines) is 1. The van der Waals surface area contributed by atoms with Gasteiger partial charge in [0.2, 0.25) is 5.91 Å². The van der Waals surface area contributed by atoms with E-state index in [2.05, 4.69) is 19.2 Å². The molecule has 1 fully saturated rings. The summed E-state index contributed by atoms with van der Waals surface area (Å²) in [6.07, 6.45) is 1.59. The highest BCUT2D eigenvalue weighted by molar-refractivity contribution is 5.94. The highest BCUT2D eigenvalue weighted by Gasteiger charge is 2.21. The molecule has 1 heterocycles. The van der Waals surface area contributed by atoms with E-state index in [1.54, 1.807) is 0 Å². The van der Waals surface area contributed by atoms with E-state index in [4.69, 9.17) is 0 Å². The van der Waals surface area contributed by atoms with Crippen LogP contribution in [-0.2, 0) is 11.3 Å². The van der Waals surface area contributed by atoms with Gasteiger partial charge in [0.25, 0.3) is 5.91 Å². The van der Waals surface area contributed by atoms with Gasteiger partial charge < -0.3 is 10.2 Å². The summed E-state index contributed by atoms with van der Waals surface area (Å²) >= 11 is 0. The number of hydrogen-bond acceptors (Lipinski definition) is 2. The number of amides is 2. The number of carbonyl (C=O) groups is 2. The van der Waals surface area contributed by atoms with Crippen LogP contribution in [0.15, 0.2) is 54.6 Å². The molecule has 2 aromatic rings. The molecule has 1 saturated heterocycles. The topological polar surface area (TPSA) is 49.4 Å². The number of benzene rings is 2. The first kappa shape index (κ1) is 18.2. The molecular formula is C22H26N2O2. The maximum atomic E-state index is 12.7. The Morgan fingerprint density at radius 3 is 2.35 bits per heavy atom. The maximum absolute atomic E-state index is 12.7. The van der Waals surface area contributed by atoms with Crippen molar-refractivity contribution >= 4 is 11.8 Å². The van der Waals surface area contributed by atoms with E-state index in [1.807, 2.05) is 59.5 Å². The van der Waals surface area contributed by atoms with Gasteiger partial charge in [-0.1, -0.05) is 56.3 Å². The molecule has 0 aromatic heterocycles. The Kier molecular flexibility index (Phi) is 5.71. The van der Waals surface area contributed by atoms with E-state index in [0.29, 0.717) is 24.4 Å². The van der Waals surface area contributed by atoms with Gasteiger partial charge in [-0.3, -0.25) is 9.59 Å². The Morgan fingerprint density at radius 1 is 1.08 bits per heavy atom. The third kappa shape index (κ3) is 4.31. The fraction of sp³-hybridized carbons (Fsp3) is 0.364. The minimum atomic E-state index is -0.0728. The van der Waals surface area contributed by atoms with Crippen molar-refractivity contribution in [1.82, 2.24) is 10.2 Å². The standard InChI is InChI=1S/C22H26N2O2/c1-16(2)21(18-7-4-3-5-8-18)23-22(26)19-12-10-17(11-13-19)15-24-14-6-9-20(24)25/h3-5,7-8,10-13,16,21H,6,9,14-15H2,1-2H3,(H,23,26)/t21-/m0/s1. The summed E-state index contributed by atoms with van der Waals surface area (Å²) in [6, 6.07) is 17.6. The quantitative estimate of drug-likeness (QED) is 0.858. The van der Waals surface area contributed by atoms with Crippen LogP contribution in [0.5, 0.6) is 0 Å². The Bertz CT molecular complexity index is 753. The van der Waals surface area contributed by atoms with Crippen LogP contribution in [0.4, 0.5) is 0 Å². The van der Waals surface area contributed by atoms with Crippen molar-refractivity contribution in [2.75, 3.05) is 6.54 Å². The van der Waals surface area contributed by atoms with Crippen molar-refractivity contribution in [3.63, 3.8) is 0 Å². The van der Waals surface area contributed by atoms with Crippen LogP contribution in [0.2, 0.25) is 0 Å². The molecule has 0 saturated carbocycles. The van der Waals surface area contributed by atoms with Crippen LogP contribution in [0, 0.1) is 5.92 Å². The number of carbonyl (C=O) groups excluding carboxylic acids is 2. The molecule has 2 aromatic carbocycles. The van der Waals surface area contributed by atoms with Crippen LogP contribution in [0.1, 0.15) is 54.2 Å². The molecule has 1 atom stereocenters. The Labute approximate surface area is 155 Å². The average molecular weight is 350 g/mol. The molecule has 4 nitrogen and oxygen atoms in total. The van der Waals surface area contributed by atoms with Crippen LogP contribution in [0.3, 0.4) is 0 Å². The van der Waals surface area contributed by atoms with Crippen LogP contribution in [0.25, 0.3) is 0 Å². The third-order valence-electron chi connectivity index (χ3n) is 4.87. The van der Waals surface area contributed by atoms with E-state index in [0.717, 1.165) is 24.1 Å². The predicted molar refractivity (Wildman–Crippen MR) is 103 cm³/mol. The van der Waals surface area contributed by atoms with Gasteiger partial charge in [-0.05, 0) is 35.6 Å². The molecule has 2 amide bonds. The second kappa shape index (κ2) is 8.17.